The molecule has 0 aromatic rings. The number of nitrogens with one attached hydrogen (secondary N) is 1. The average Bonchev–Trinajstić information content (AvgIpc) is 3.31. The number of hydrogen-bond acceptors (Lipinski definition) is 12. The van der Waals surface area contributed by atoms with E-state index in [2.05, 4.69) is 11.2 Å². The van der Waals surface area contributed by atoms with Crippen molar-refractivity contribution in [3.8, 4) is 12.3 Å². The lowest BCUT2D eigenvalue weighted by molar-refractivity contribution is -0.282. The van der Waals surface area contributed by atoms with E-state index in [0.717, 1.165) is 0 Å². The highest BCUT2D eigenvalue weighted by molar-refractivity contribution is 6.03. The monoisotopic (exact) mass is 638 g/mol. The molecule has 45 heavy (non-hydrogen) atoms. The molecule has 3 saturated heterocycles. The van der Waals surface area contributed by atoms with Crippen molar-refractivity contribution in [2.24, 2.45) is 23.7 Å². The van der Waals surface area contributed by atoms with Crippen molar-refractivity contribution in [2.45, 2.75) is 122 Å². The minimum Gasteiger partial charge on any atom is -0.456 e. The van der Waals surface area contributed by atoms with Gasteiger partial charge in [0.05, 0.1) is 24.4 Å². The molecule has 0 saturated carbocycles. The average molecular weight is 639 g/mol. The second-order valence-corrected chi connectivity index (χ2v) is 13.1. The number of carbonyl (C=O) groups is 4. The first kappa shape index (κ1) is 36.9. The number of ketones is 2. The number of esters is 1. The highest BCUT2D eigenvalue weighted by Gasteiger charge is 2.57. The standard InChI is InChI=1S/C32H50N2O11/c1-11-13-41-26-16(4)22(35)18(6)28-32(8,45-31(40)33-28)21(12-2)43-29(39)25(38)23(36)17(5)27(19(26)7)44-30-24(37)20(34(9)10)14-15(3)42-30/h1,15-21,24-28,30,37-38H,12-14H2,2-10H3,(H,33,40)/t15-,16+,17+,18-,19-,20+,21+,24-,25?,26+,27-,28?,30+,32-/m1/s1. The Morgan fingerprint density at radius 3 is 2.22 bits per heavy atom. The lowest BCUT2D eigenvalue weighted by Gasteiger charge is -2.45. The molecule has 0 aromatic carbocycles. The molecule has 3 rings (SSSR count). The highest BCUT2D eigenvalue weighted by Crippen LogP contribution is 2.38. The molecule has 3 fully saturated rings. The van der Waals surface area contributed by atoms with Gasteiger partial charge in [-0.1, -0.05) is 40.5 Å². The van der Waals surface area contributed by atoms with Crippen LogP contribution in [-0.4, -0.2) is 120 Å². The fraction of sp³-hybridized carbons (Fsp3) is 0.812. The van der Waals surface area contributed by atoms with Gasteiger partial charge >= 0.3 is 12.1 Å². The first-order valence-corrected chi connectivity index (χ1v) is 15.7. The molecule has 13 heteroatoms. The summed E-state index contributed by atoms with van der Waals surface area (Å²) in [5, 5.41) is 24.9. The summed E-state index contributed by atoms with van der Waals surface area (Å²) in [4.78, 5) is 55.5. The zero-order valence-corrected chi connectivity index (χ0v) is 27.7. The summed E-state index contributed by atoms with van der Waals surface area (Å²) in [7, 11) is 3.65. The fourth-order valence-electron chi connectivity index (χ4n) is 7.12. The molecular formula is C32H50N2O11. The first-order chi connectivity index (χ1) is 21.0. The molecule has 0 aromatic heterocycles. The smallest absolute Gasteiger partial charge is 0.408 e. The molecule has 3 heterocycles. The highest BCUT2D eigenvalue weighted by atomic mass is 16.7. The predicted molar refractivity (Wildman–Crippen MR) is 161 cm³/mol. The van der Waals surface area contributed by atoms with Gasteiger partial charge in [-0.05, 0) is 40.8 Å². The SMILES string of the molecule is C#CCO[C@@H]1[C@@H](C)[C@H](O[C@@H]2O[C@H](C)C[C@H](N(C)C)[C@H]2O)[C@@H](C)C(=O)C(O)C(=O)O[C@@H](CC)[C@@]2(C)OC(=O)NC2[C@H](C)C(=O)[C@@H]1C. The summed E-state index contributed by atoms with van der Waals surface area (Å²) in [6.07, 6.45) is -2.50. The maximum Gasteiger partial charge on any atom is 0.408 e. The molecule has 3 aliphatic heterocycles. The van der Waals surface area contributed by atoms with Crippen LogP contribution in [0.2, 0.25) is 0 Å². The second-order valence-electron chi connectivity index (χ2n) is 13.1. The number of aliphatic hydroxyl groups is 2. The van der Waals surface area contributed by atoms with E-state index < -0.39 is 90.0 Å². The number of Topliss-reactive ketones (excluding diaryl/α,β-unsaturated/α-hetero) is 2. The maximum absolute atomic E-state index is 14.1. The molecule has 14 atom stereocenters. The molecule has 3 aliphatic rings. The second kappa shape index (κ2) is 14.9. The van der Waals surface area contributed by atoms with Crippen molar-refractivity contribution in [1.29, 1.82) is 0 Å². The van der Waals surface area contributed by atoms with Crippen LogP contribution in [0.1, 0.15) is 61.3 Å². The fourth-order valence-corrected chi connectivity index (χ4v) is 7.12. The number of carbonyl (C=O) groups excluding carboxylic acids is 4. The maximum atomic E-state index is 14.1. The Morgan fingerprint density at radius 2 is 1.64 bits per heavy atom. The van der Waals surface area contributed by atoms with Gasteiger partial charge in [-0.25, -0.2) is 9.59 Å². The van der Waals surface area contributed by atoms with E-state index in [4.69, 9.17) is 30.1 Å². The lowest BCUT2D eigenvalue weighted by atomic mass is 9.74. The number of cyclic esters (lactones) is 1. The van der Waals surface area contributed by atoms with Crippen LogP contribution in [-0.2, 0) is 38.1 Å². The van der Waals surface area contributed by atoms with E-state index in [9.17, 15) is 29.4 Å². The number of nitrogens with zero attached hydrogens (tertiary/aromatic N) is 1. The molecule has 254 valence electrons. The van der Waals surface area contributed by atoms with Crippen LogP contribution in [0, 0.1) is 36.0 Å². The molecule has 0 radical (unpaired) electrons. The Morgan fingerprint density at radius 1 is 1.02 bits per heavy atom. The third kappa shape index (κ3) is 7.53. The summed E-state index contributed by atoms with van der Waals surface area (Å²) >= 11 is 0. The number of amides is 1. The number of terminal acetylenes is 1. The normalized spacial score (nSPS) is 43.5. The lowest BCUT2D eigenvalue weighted by Crippen LogP contribution is -2.59. The van der Waals surface area contributed by atoms with Gasteiger partial charge in [-0.2, -0.15) is 0 Å². The zero-order chi connectivity index (χ0) is 34.0. The van der Waals surface area contributed by atoms with Crippen LogP contribution in [0.3, 0.4) is 0 Å². The van der Waals surface area contributed by atoms with Crippen molar-refractivity contribution in [3.63, 3.8) is 0 Å². The molecule has 3 N–H and O–H groups in total. The van der Waals surface area contributed by atoms with Gasteiger partial charge in [0.15, 0.2) is 17.7 Å². The number of alkyl carbamates (subject to hydrolysis) is 1. The quantitative estimate of drug-likeness (QED) is 0.215. The molecule has 13 nitrogen and oxygen atoms in total. The third-order valence-electron chi connectivity index (χ3n) is 9.76. The summed E-state index contributed by atoms with van der Waals surface area (Å²) in [5.41, 5.74) is -1.49. The molecular weight excluding hydrogens is 588 g/mol. The number of rotatable bonds is 6. The molecule has 0 spiro atoms. The van der Waals surface area contributed by atoms with Crippen LogP contribution >= 0.6 is 0 Å². The molecule has 0 aliphatic carbocycles. The van der Waals surface area contributed by atoms with Crippen molar-refractivity contribution < 1.29 is 53.1 Å². The predicted octanol–water partition coefficient (Wildman–Crippen LogP) is 1.06. The summed E-state index contributed by atoms with van der Waals surface area (Å²) in [6.45, 7) is 11.4. The zero-order valence-electron chi connectivity index (χ0n) is 27.7. The van der Waals surface area contributed by atoms with Crippen molar-refractivity contribution >= 4 is 23.6 Å². The number of aliphatic hydroxyl groups excluding tert-OH is 2. The van der Waals surface area contributed by atoms with Crippen molar-refractivity contribution in [3.05, 3.63) is 0 Å². The van der Waals surface area contributed by atoms with Gasteiger partial charge in [0, 0.05) is 29.7 Å². The molecule has 2 unspecified atom stereocenters. The summed E-state index contributed by atoms with van der Waals surface area (Å²) < 4.78 is 29.7. The topological polar surface area (TPSA) is 170 Å². The minimum atomic E-state index is -2.20. The third-order valence-corrected chi connectivity index (χ3v) is 9.76. The van der Waals surface area contributed by atoms with Crippen LogP contribution in [0.4, 0.5) is 4.79 Å². The summed E-state index contributed by atoms with van der Waals surface area (Å²) in [6, 6.07) is -1.24. The van der Waals surface area contributed by atoms with E-state index >= 15 is 0 Å². The Balaban J connectivity index is 2.13. The Kier molecular flexibility index (Phi) is 12.2. The number of ether oxygens (including phenoxy) is 5. The minimum absolute atomic E-state index is 0.152. The van der Waals surface area contributed by atoms with Gasteiger partial charge < -0.3 is 44.1 Å². The van der Waals surface area contributed by atoms with Gasteiger partial charge in [0.2, 0.25) is 6.10 Å². The first-order valence-electron chi connectivity index (χ1n) is 15.7. The number of likely N-dealkylation sites (N-methyl/N-ethyl adjacent to an activating group) is 1. The largest absolute Gasteiger partial charge is 0.456 e. The van der Waals surface area contributed by atoms with Gasteiger partial charge in [-0.15, -0.1) is 6.42 Å². The Hall–Kier alpha value is -2.60. The van der Waals surface area contributed by atoms with Crippen molar-refractivity contribution in [1.82, 2.24) is 10.2 Å². The van der Waals surface area contributed by atoms with Gasteiger partial charge in [-0.3, -0.25) is 9.59 Å². The molecule has 1 amide bonds. The van der Waals surface area contributed by atoms with E-state index in [1.807, 2.05) is 25.9 Å². The van der Waals surface area contributed by atoms with Crippen LogP contribution in [0.5, 0.6) is 0 Å². The summed E-state index contributed by atoms with van der Waals surface area (Å²) in [5.74, 6) is -3.61. The van der Waals surface area contributed by atoms with E-state index in [1.165, 1.54) is 6.92 Å². The number of fused-ring (bicyclic) bond motifs is 1. The Labute approximate surface area is 265 Å². The Bertz CT molecular complexity index is 1140. The number of hydrogen-bond donors (Lipinski definition) is 3. The van der Waals surface area contributed by atoms with E-state index in [0.29, 0.717) is 6.42 Å². The van der Waals surface area contributed by atoms with Crippen LogP contribution < -0.4 is 5.32 Å². The van der Waals surface area contributed by atoms with E-state index in [-0.39, 0.29) is 31.0 Å². The van der Waals surface area contributed by atoms with Crippen molar-refractivity contribution in [2.75, 3.05) is 20.7 Å². The van der Waals surface area contributed by atoms with Crippen LogP contribution in [0.15, 0.2) is 0 Å². The van der Waals surface area contributed by atoms with Crippen LogP contribution in [0.25, 0.3) is 0 Å². The van der Waals surface area contributed by atoms with E-state index in [1.54, 1.807) is 34.6 Å². The van der Waals surface area contributed by atoms with Gasteiger partial charge in [0.25, 0.3) is 0 Å². The molecule has 0 bridgehead atoms. The van der Waals surface area contributed by atoms with Gasteiger partial charge in [0.1, 0.15) is 24.6 Å².